The number of likely N-dealkylation sites (N-methyl/N-ethyl adjacent to an activating group) is 1. The summed E-state index contributed by atoms with van der Waals surface area (Å²) >= 11 is 7.89. The van der Waals surface area contributed by atoms with Gasteiger partial charge >= 0.3 is 0 Å². The molecule has 1 saturated heterocycles. The molecule has 17 nitrogen and oxygen atoms in total. The Bertz CT molecular complexity index is 2690. The number of azo groups is 1. The fourth-order valence-electron chi connectivity index (χ4n) is 7.85. The van der Waals surface area contributed by atoms with Crippen molar-refractivity contribution in [2.45, 2.75) is 71.5 Å². The SMILES string of the molecule is Cc1sc2c(c1C)C(c1ccc(Cl)cc1)=NC(CC(=O)NCCCCNC(=O)CN(C)c1ccc(N=Nc3cccc4c3CN(NC3CCC(=O)NC3=O)C4=O)cc1)c1nnc(C)n1-2. The van der Waals surface area contributed by atoms with Gasteiger partial charge in [0, 0.05) is 64.4 Å². The van der Waals surface area contributed by atoms with Crippen molar-refractivity contribution in [1.82, 2.24) is 41.1 Å². The van der Waals surface area contributed by atoms with E-state index < -0.39 is 18.0 Å². The lowest BCUT2D eigenvalue weighted by Crippen LogP contribution is -2.55. The number of aliphatic imine (C=N–C) groups is 1. The molecule has 3 aromatic carbocycles. The van der Waals surface area contributed by atoms with Gasteiger partial charge in [-0.25, -0.2) is 5.43 Å². The molecule has 0 aliphatic carbocycles. The van der Waals surface area contributed by atoms with Crippen LogP contribution in [0.3, 0.4) is 0 Å². The molecule has 0 radical (unpaired) electrons. The van der Waals surface area contributed by atoms with E-state index in [1.807, 2.05) is 59.8 Å². The molecule has 2 unspecified atom stereocenters. The van der Waals surface area contributed by atoms with Gasteiger partial charge in [-0.15, -0.1) is 21.5 Å². The predicted octanol–water partition coefficient (Wildman–Crippen LogP) is 6.02. The summed E-state index contributed by atoms with van der Waals surface area (Å²) in [5.74, 6) is -0.0109. The van der Waals surface area contributed by atoms with Gasteiger partial charge in [-0.3, -0.25) is 43.9 Å². The summed E-state index contributed by atoms with van der Waals surface area (Å²) in [6.07, 6.45) is 1.94. The molecule has 0 bridgehead atoms. The number of imide groups is 1. The van der Waals surface area contributed by atoms with Crippen molar-refractivity contribution in [3.05, 3.63) is 116 Å². The average Bonchev–Trinajstić information content (AvgIpc) is 3.88. The Labute approximate surface area is 378 Å². The first kappa shape index (κ1) is 44.0. The highest BCUT2D eigenvalue weighted by Crippen LogP contribution is 2.40. The van der Waals surface area contributed by atoms with Crippen LogP contribution in [0.15, 0.2) is 82.0 Å². The number of fused-ring (bicyclic) bond motifs is 4. The number of nitrogens with zero attached hydrogens (tertiary/aromatic N) is 8. The number of hydrogen-bond donors (Lipinski definition) is 4. The standard InChI is InChI=1S/C45H47ClN12O5S/c1-25-26(2)64-45-40(25)41(28-10-12-29(46)13-11-28)49-36(42-54-51-27(3)58(42)45)22-38(60)47-20-5-6-21-48-39(61)24-56(4)31-16-14-30(15-17-31)52-53-34-9-7-8-32-33(34)23-57(44(32)63)55-35-18-19-37(59)50-43(35)62/h7-17,35-36,55H,5-6,18-24H2,1-4H3,(H,47,60)(H,48,61)(H,50,59,62). The van der Waals surface area contributed by atoms with Crippen molar-refractivity contribution >= 4 is 75.2 Å². The molecule has 3 aliphatic rings. The molecule has 2 atom stereocenters. The Morgan fingerprint density at radius 3 is 2.41 bits per heavy atom. The fraction of sp³-hybridized carbons (Fsp3) is 0.333. The number of rotatable bonds is 15. The van der Waals surface area contributed by atoms with E-state index in [1.165, 1.54) is 9.89 Å². The van der Waals surface area contributed by atoms with Crippen LogP contribution in [0.2, 0.25) is 5.02 Å². The van der Waals surface area contributed by atoms with Crippen molar-refractivity contribution in [2.75, 3.05) is 31.6 Å². The monoisotopic (exact) mass is 902 g/mol. The summed E-state index contributed by atoms with van der Waals surface area (Å²) < 4.78 is 2.03. The van der Waals surface area contributed by atoms with E-state index in [4.69, 9.17) is 16.6 Å². The Morgan fingerprint density at radius 1 is 0.938 bits per heavy atom. The Hall–Kier alpha value is -6.63. The van der Waals surface area contributed by atoms with Crippen LogP contribution in [0.4, 0.5) is 17.1 Å². The van der Waals surface area contributed by atoms with E-state index in [0.29, 0.717) is 65.7 Å². The van der Waals surface area contributed by atoms with E-state index in [0.717, 1.165) is 38.9 Å². The summed E-state index contributed by atoms with van der Waals surface area (Å²) in [6, 6.07) is 18.8. The van der Waals surface area contributed by atoms with Crippen LogP contribution in [0.25, 0.3) is 5.00 Å². The first-order chi connectivity index (χ1) is 30.8. The molecular weight excluding hydrogens is 856 g/mol. The number of thiophene rings is 1. The van der Waals surface area contributed by atoms with Crippen molar-refractivity contribution in [1.29, 1.82) is 0 Å². The molecule has 4 N–H and O–H groups in total. The zero-order valence-electron chi connectivity index (χ0n) is 35.8. The molecular formula is C45H47ClN12O5S. The number of aromatic nitrogens is 3. The minimum absolute atomic E-state index is 0.0958. The van der Waals surface area contributed by atoms with Crippen LogP contribution in [-0.2, 0) is 25.7 Å². The molecule has 3 aliphatic heterocycles. The summed E-state index contributed by atoms with van der Waals surface area (Å²) in [4.78, 5) is 71.2. The minimum atomic E-state index is -0.687. The highest BCUT2D eigenvalue weighted by Gasteiger charge is 2.35. The van der Waals surface area contributed by atoms with Crippen molar-refractivity contribution in [3.63, 3.8) is 0 Å². The van der Waals surface area contributed by atoms with Crippen LogP contribution < -0.4 is 26.3 Å². The third-order valence-corrected chi connectivity index (χ3v) is 12.9. The summed E-state index contributed by atoms with van der Waals surface area (Å²) in [6.45, 7) is 7.32. The van der Waals surface area contributed by atoms with Gasteiger partial charge < -0.3 is 15.5 Å². The van der Waals surface area contributed by atoms with E-state index in [9.17, 15) is 24.0 Å². The predicted molar refractivity (Wildman–Crippen MR) is 243 cm³/mol. The maximum Gasteiger partial charge on any atom is 0.268 e. The number of carbonyl (C=O) groups is 5. The molecule has 2 aromatic heterocycles. The van der Waals surface area contributed by atoms with E-state index in [-0.39, 0.29) is 49.6 Å². The zero-order valence-corrected chi connectivity index (χ0v) is 37.3. The van der Waals surface area contributed by atoms with Gasteiger partial charge in [-0.2, -0.15) is 10.2 Å². The highest BCUT2D eigenvalue weighted by molar-refractivity contribution is 7.15. The fourth-order valence-corrected chi connectivity index (χ4v) is 9.19. The van der Waals surface area contributed by atoms with Gasteiger partial charge in [-0.1, -0.05) is 29.8 Å². The van der Waals surface area contributed by atoms with E-state index >= 15 is 0 Å². The quantitative estimate of drug-likeness (QED) is 0.0550. The lowest BCUT2D eigenvalue weighted by molar-refractivity contribution is -0.135. The second-order valence-electron chi connectivity index (χ2n) is 15.9. The highest BCUT2D eigenvalue weighted by atomic mass is 35.5. The Kier molecular flexibility index (Phi) is 13.1. The largest absolute Gasteiger partial charge is 0.365 e. The van der Waals surface area contributed by atoms with Crippen LogP contribution in [-0.4, -0.2) is 87.7 Å². The van der Waals surface area contributed by atoms with Gasteiger partial charge in [-0.05, 0) is 94.1 Å². The number of hydrogen-bond acceptors (Lipinski definition) is 13. The summed E-state index contributed by atoms with van der Waals surface area (Å²) in [7, 11) is 1.83. The van der Waals surface area contributed by atoms with Crippen molar-refractivity contribution in [2.24, 2.45) is 15.2 Å². The number of hydrazine groups is 1. The molecule has 64 heavy (non-hydrogen) atoms. The van der Waals surface area contributed by atoms with E-state index in [2.05, 4.69) is 55.6 Å². The first-order valence-electron chi connectivity index (χ1n) is 21.0. The van der Waals surface area contributed by atoms with Crippen molar-refractivity contribution < 1.29 is 24.0 Å². The molecule has 0 spiro atoms. The molecule has 8 rings (SSSR count). The van der Waals surface area contributed by atoms with Crippen molar-refractivity contribution in [3.8, 4) is 5.00 Å². The normalized spacial score (nSPS) is 16.8. The topological polar surface area (TPSA) is 208 Å². The second kappa shape index (κ2) is 19.0. The maximum absolute atomic E-state index is 13.3. The number of carbonyl (C=O) groups excluding carboxylic acids is 5. The number of halogens is 1. The molecule has 0 saturated carbocycles. The van der Waals surface area contributed by atoms with Gasteiger partial charge in [0.25, 0.3) is 5.91 Å². The van der Waals surface area contributed by atoms with Gasteiger partial charge in [0.15, 0.2) is 5.82 Å². The summed E-state index contributed by atoms with van der Waals surface area (Å²) in [5.41, 5.74) is 9.85. The molecule has 1 fully saturated rings. The average molecular weight is 903 g/mol. The maximum atomic E-state index is 13.3. The van der Waals surface area contributed by atoms with Crippen LogP contribution >= 0.6 is 22.9 Å². The molecule has 19 heteroatoms. The number of unbranched alkanes of at least 4 members (excludes halogenated alkanes) is 1. The third kappa shape index (κ3) is 9.48. The molecule has 5 aromatic rings. The van der Waals surface area contributed by atoms with Crippen LogP contribution in [0, 0.1) is 20.8 Å². The number of nitrogens with one attached hydrogen (secondary N) is 4. The second-order valence-corrected chi connectivity index (χ2v) is 17.6. The lowest BCUT2D eigenvalue weighted by atomic mass is 9.99. The number of anilines is 1. The van der Waals surface area contributed by atoms with Gasteiger partial charge in [0.1, 0.15) is 22.9 Å². The minimum Gasteiger partial charge on any atom is -0.365 e. The number of aryl methyl sites for hydroxylation is 2. The Morgan fingerprint density at radius 2 is 1.67 bits per heavy atom. The first-order valence-corrected chi connectivity index (χ1v) is 22.2. The molecule has 330 valence electrons. The number of benzene rings is 3. The van der Waals surface area contributed by atoms with E-state index in [1.54, 1.807) is 41.7 Å². The lowest BCUT2D eigenvalue weighted by Gasteiger charge is -2.27. The number of amides is 5. The van der Waals surface area contributed by atoms with Crippen LogP contribution in [0.1, 0.15) is 87.3 Å². The summed E-state index contributed by atoms with van der Waals surface area (Å²) in [5, 5.41) is 28.9. The Balaban J connectivity index is 0.785. The van der Waals surface area contributed by atoms with Gasteiger partial charge in [0.2, 0.25) is 23.6 Å². The molecule has 5 heterocycles. The zero-order chi connectivity index (χ0) is 45.1. The van der Waals surface area contributed by atoms with Gasteiger partial charge in [0.05, 0.1) is 36.6 Å². The molecule has 5 amide bonds. The number of piperidine rings is 1. The third-order valence-electron chi connectivity index (χ3n) is 11.4. The smallest absolute Gasteiger partial charge is 0.268 e. The van der Waals surface area contributed by atoms with Crippen LogP contribution in [0.5, 0.6) is 0 Å².